The van der Waals surface area contributed by atoms with E-state index in [-0.39, 0.29) is 25.8 Å². The lowest BCUT2D eigenvalue weighted by Crippen LogP contribution is -2.57. The molecule has 1 aliphatic carbocycles. The summed E-state index contributed by atoms with van der Waals surface area (Å²) in [6, 6.07) is 6.67. The number of nitrogens with one attached hydrogen (secondary N) is 2. The minimum absolute atomic E-state index is 0.00922. The molecule has 0 spiro atoms. The summed E-state index contributed by atoms with van der Waals surface area (Å²) in [4.78, 5) is 71.8. The third-order valence-corrected chi connectivity index (χ3v) is 11.2. The van der Waals surface area contributed by atoms with Gasteiger partial charge in [-0.2, -0.15) is 0 Å². The minimum atomic E-state index is -1.73. The summed E-state index contributed by atoms with van der Waals surface area (Å²) in [5, 5.41) is 2.92. The SMILES string of the molecule is CC(C)(C)OC(=O)C[C@H]1CCCCCC=C=C[C@@H]2C[C@@]2(C(=O)N[S@@](=O)C(C)(C)C)NC(=O)[C@@H]2C[C@@H](OC(=O)N3Cc4ccccc4C3)CN2C1=O. The number of hydrogen-bond acceptors (Lipinski definition) is 8. The molecule has 278 valence electrons. The van der Waals surface area contributed by atoms with Crippen LogP contribution in [0.3, 0.4) is 0 Å². The van der Waals surface area contributed by atoms with E-state index in [1.807, 2.05) is 30.3 Å². The van der Waals surface area contributed by atoms with Gasteiger partial charge < -0.3 is 19.7 Å². The highest BCUT2D eigenvalue weighted by Crippen LogP contribution is 2.45. The molecule has 0 unspecified atom stereocenters. The molecule has 0 bridgehead atoms. The molecule has 2 N–H and O–H groups in total. The van der Waals surface area contributed by atoms with Crippen LogP contribution in [-0.4, -0.2) is 78.4 Å². The molecule has 1 saturated heterocycles. The van der Waals surface area contributed by atoms with Crippen LogP contribution in [0.1, 0.15) is 104 Å². The largest absolute Gasteiger partial charge is 0.460 e. The van der Waals surface area contributed by atoms with Crippen molar-refractivity contribution in [1.29, 1.82) is 0 Å². The highest BCUT2D eigenvalue weighted by molar-refractivity contribution is 7.85. The molecule has 4 amide bonds. The van der Waals surface area contributed by atoms with Crippen molar-refractivity contribution in [1.82, 2.24) is 19.8 Å². The van der Waals surface area contributed by atoms with Gasteiger partial charge in [0.05, 0.1) is 17.7 Å². The fraction of sp³-hybridized carbons (Fsp3) is 0.632. The van der Waals surface area contributed by atoms with Crippen LogP contribution < -0.4 is 10.0 Å². The molecule has 12 nitrogen and oxygen atoms in total. The predicted octanol–water partition coefficient (Wildman–Crippen LogP) is 4.59. The lowest BCUT2D eigenvalue weighted by molar-refractivity contribution is -0.159. The smallest absolute Gasteiger partial charge is 0.410 e. The van der Waals surface area contributed by atoms with Gasteiger partial charge in [-0.3, -0.25) is 28.8 Å². The van der Waals surface area contributed by atoms with Crippen molar-refractivity contribution in [3.63, 3.8) is 0 Å². The summed E-state index contributed by atoms with van der Waals surface area (Å²) in [5.41, 5.74) is 3.09. The van der Waals surface area contributed by atoms with Gasteiger partial charge in [-0.15, -0.1) is 5.73 Å². The molecule has 6 atom stereocenters. The number of benzene rings is 1. The number of nitrogens with zero attached hydrogens (tertiary/aromatic N) is 2. The van der Waals surface area contributed by atoms with E-state index in [0.717, 1.165) is 30.4 Å². The first-order valence-corrected chi connectivity index (χ1v) is 19.1. The van der Waals surface area contributed by atoms with Gasteiger partial charge in [0.15, 0.2) is 0 Å². The average Bonchev–Trinajstić information content (AvgIpc) is 3.35. The van der Waals surface area contributed by atoms with Crippen LogP contribution in [-0.2, 0) is 52.7 Å². The van der Waals surface area contributed by atoms with E-state index >= 15 is 0 Å². The Morgan fingerprint density at radius 3 is 2.37 bits per heavy atom. The molecule has 1 aromatic rings. The second-order valence-corrected chi connectivity index (χ2v) is 18.1. The summed E-state index contributed by atoms with van der Waals surface area (Å²) in [6.07, 6.45) is 5.90. The Morgan fingerprint density at radius 2 is 1.73 bits per heavy atom. The number of carbonyl (C=O) groups is 5. The van der Waals surface area contributed by atoms with Gasteiger partial charge in [-0.25, -0.2) is 9.00 Å². The minimum Gasteiger partial charge on any atom is -0.460 e. The Morgan fingerprint density at radius 1 is 1.04 bits per heavy atom. The van der Waals surface area contributed by atoms with Crippen molar-refractivity contribution in [2.24, 2.45) is 11.8 Å². The van der Waals surface area contributed by atoms with E-state index < -0.39 is 80.6 Å². The topological polar surface area (TPSA) is 151 Å². The van der Waals surface area contributed by atoms with Gasteiger partial charge >= 0.3 is 12.1 Å². The molecular weight excluding hydrogens is 673 g/mol. The van der Waals surface area contributed by atoms with E-state index in [4.69, 9.17) is 9.47 Å². The van der Waals surface area contributed by atoms with Gasteiger partial charge in [0, 0.05) is 31.3 Å². The first-order chi connectivity index (χ1) is 24.0. The number of ether oxygens (including phenoxy) is 2. The summed E-state index contributed by atoms with van der Waals surface area (Å²) >= 11 is 0. The van der Waals surface area contributed by atoms with Crippen LogP contribution in [0.4, 0.5) is 4.79 Å². The second-order valence-electron chi connectivity index (χ2n) is 16.1. The zero-order chi connectivity index (χ0) is 37.1. The molecule has 5 rings (SSSR count). The summed E-state index contributed by atoms with van der Waals surface area (Å²) in [5.74, 6) is -3.25. The van der Waals surface area contributed by atoms with Crippen molar-refractivity contribution in [3.05, 3.63) is 53.3 Å². The van der Waals surface area contributed by atoms with Gasteiger partial charge in [0.1, 0.15) is 34.3 Å². The lowest BCUT2D eigenvalue weighted by atomic mass is 9.95. The highest BCUT2D eigenvalue weighted by atomic mass is 32.2. The maximum absolute atomic E-state index is 14.4. The molecule has 1 saturated carbocycles. The Hall–Kier alpha value is -3.96. The molecule has 51 heavy (non-hydrogen) atoms. The number of carbonyl (C=O) groups excluding carboxylic acids is 5. The zero-order valence-corrected chi connectivity index (χ0v) is 31.4. The molecule has 13 heteroatoms. The number of esters is 1. The first-order valence-electron chi connectivity index (χ1n) is 18.0. The van der Waals surface area contributed by atoms with E-state index in [2.05, 4.69) is 15.8 Å². The highest BCUT2D eigenvalue weighted by Gasteiger charge is 2.61. The van der Waals surface area contributed by atoms with Gasteiger partial charge in [-0.1, -0.05) is 37.1 Å². The summed E-state index contributed by atoms with van der Waals surface area (Å²) < 4.78 is 26.3. The predicted molar refractivity (Wildman–Crippen MR) is 191 cm³/mol. The maximum Gasteiger partial charge on any atom is 0.410 e. The fourth-order valence-electron chi connectivity index (χ4n) is 6.85. The third kappa shape index (κ3) is 9.48. The molecule has 3 aliphatic heterocycles. The van der Waals surface area contributed by atoms with E-state index in [1.165, 1.54) is 4.90 Å². The van der Waals surface area contributed by atoms with E-state index in [1.54, 1.807) is 52.5 Å². The van der Waals surface area contributed by atoms with E-state index in [9.17, 15) is 28.2 Å². The Bertz CT molecular complexity index is 1600. The average molecular weight is 725 g/mol. The summed E-state index contributed by atoms with van der Waals surface area (Å²) in [6.45, 7) is 11.2. The normalized spacial score (nSPS) is 27.5. The Balaban J connectivity index is 1.42. The van der Waals surface area contributed by atoms with E-state index in [0.29, 0.717) is 25.9 Å². The lowest BCUT2D eigenvalue weighted by Gasteiger charge is -2.30. The molecular formula is C38H52N4O8S. The standard InChI is InChI=1S/C38H52N4O8S/c1-36(2,3)50-31(43)19-25-15-11-9-7-8-10-12-18-28-21-38(28,34(46)40-51(48)37(4,5)6)39-32(44)30-20-29(24-42(30)33(25)45)49-35(47)41-22-26-16-13-14-17-27(26)23-41/h10,13-14,16-18,25,28-30H,7-9,11,15,19-24H2,1-6H3,(H,39,44)(H,40,46)/t12?,25-,28-,29-,30+,38-,51+/m1/s1. The fourth-order valence-corrected chi connectivity index (χ4v) is 7.51. The molecule has 0 radical (unpaired) electrons. The van der Waals surface area contributed by atoms with Crippen LogP contribution in [0.15, 0.2) is 42.1 Å². The van der Waals surface area contributed by atoms with Crippen molar-refractivity contribution in [2.75, 3.05) is 6.54 Å². The maximum atomic E-state index is 14.4. The van der Waals surface area contributed by atoms with Crippen LogP contribution in [0.2, 0.25) is 0 Å². The molecule has 3 heterocycles. The van der Waals surface area contributed by atoms with Crippen molar-refractivity contribution in [2.45, 2.75) is 134 Å². The Kier molecular flexibility index (Phi) is 11.5. The number of amides is 4. The van der Waals surface area contributed by atoms with Crippen molar-refractivity contribution >= 4 is 40.8 Å². The molecule has 0 aromatic heterocycles. The third-order valence-electron chi connectivity index (χ3n) is 9.72. The van der Waals surface area contributed by atoms with Gasteiger partial charge in [0.25, 0.3) is 5.91 Å². The first kappa shape index (κ1) is 38.3. The zero-order valence-electron chi connectivity index (χ0n) is 30.6. The number of fused-ring (bicyclic) bond motifs is 3. The van der Waals surface area contributed by atoms with Crippen LogP contribution >= 0.6 is 0 Å². The van der Waals surface area contributed by atoms with Crippen LogP contribution in [0.5, 0.6) is 0 Å². The Labute approximate surface area is 303 Å². The molecule has 2 fully saturated rings. The quantitative estimate of drug-likeness (QED) is 0.331. The summed E-state index contributed by atoms with van der Waals surface area (Å²) in [7, 11) is -1.73. The molecule has 1 aromatic carbocycles. The number of hydrogen-bond donors (Lipinski definition) is 2. The van der Waals surface area contributed by atoms with Crippen LogP contribution in [0.25, 0.3) is 0 Å². The van der Waals surface area contributed by atoms with Gasteiger partial charge in [-0.05, 0) is 90.5 Å². The number of rotatable bonds is 5. The van der Waals surface area contributed by atoms with Crippen molar-refractivity contribution < 1.29 is 37.7 Å². The monoisotopic (exact) mass is 724 g/mol. The second kappa shape index (κ2) is 15.3. The van der Waals surface area contributed by atoms with Crippen LogP contribution in [0, 0.1) is 11.8 Å². The molecule has 4 aliphatic rings. The van der Waals surface area contributed by atoms with Crippen molar-refractivity contribution in [3.8, 4) is 0 Å². The van der Waals surface area contributed by atoms with Gasteiger partial charge in [0.2, 0.25) is 11.8 Å².